The van der Waals surface area contributed by atoms with E-state index < -0.39 is 0 Å². The SMILES string of the molecule is NC(=S)SN(CCO)CCO.[KH]. The second-order valence-corrected chi connectivity index (χ2v) is 3.62. The molecule has 0 bridgehead atoms. The van der Waals surface area contributed by atoms with Gasteiger partial charge in [0.1, 0.15) is 4.32 Å². The van der Waals surface area contributed by atoms with E-state index in [1.54, 1.807) is 4.31 Å². The number of thiocarbonyl (C=S) groups is 1. The number of aliphatic hydroxyl groups is 2. The van der Waals surface area contributed by atoms with Crippen molar-refractivity contribution in [3.63, 3.8) is 0 Å². The van der Waals surface area contributed by atoms with Crippen molar-refractivity contribution in [2.45, 2.75) is 0 Å². The van der Waals surface area contributed by atoms with Gasteiger partial charge in [-0.05, 0) is 11.9 Å². The van der Waals surface area contributed by atoms with Crippen LogP contribution in [0.15, 0.2) is 0 Å². The maximum absolute atomic E-state index is 8.56. The van der Waals surface area contributed by atoms with Crippen LogP contribution in [0.5, 0.6) is 0 Å². The average molecular weight is 236 g/mol. The zero-order chi connectivity index (χ0) is 8.69. The quantitative estimate of drug-likeness (QED) is 0.307. The Bertz CT molecular complexity index is 122. The molecule has 0 saturated carbocycles. The van der Waals surface area contributed by atoms with E-state index in [0.717, 1.165) is 0 Å². The average Bonchev–Trinajstić information content (AvgIpc) is 1.87. The summed E-state index contributed by atoms with van der Waals surface area (Å²) < 4.78 is 2.01. The first kappa shape index (κ1) is 16.2. The number of rotatable bonds is 5. The van der Waals surface area contributed by atoms with Crippen molar-refractivity contribution in [2.75, 3.05) is 26.3 Å². The van der Waals surface area contributed by atoms with Gasteiger partial charge in [-0.2, -0.15) is 0 Å². The molecule has 4 nitrogen and oxygen atoms in total. The van der Waals surface area contributed by atoms with Crippen LogP contribution in [0, 0.1) is 0 Å². The van der Waals surface area contributed by atoms with Crippen LogP contribution in [0.25, 0.3) is 0 Å². The summed E-state index contributed by atoms with van der Waals surface area (Å²) in [6, 6.07) is 0. The maximum atomic E-state index is 8.56. The zero-order valence-corrected chi connectivity index (χ0v) is 7.70. The molecule has 0 heterocycles. The van der Waals surface area contributed by atoms with Gasteiger partial charge in [0.25, 0.3) is 0 Å². The van der Waals surface area contributed by atoms with Crippen molar-refractivity contribution in [3.8, 4) is 0 Å². The van der Waals surface area contributed by atoms with Crippen LogP contribution in [0.4, 0.5) is 0 Å². The van der Waals surface area contributed by atoms with E-state index in [-0.39, 0.29) is 64.6 Å². The van der Waals surface area contributed by atoms with Crippen LogP contribution < -0.4 is 5.73 Å². The van der Waals surface area contributed by atoms with Gasteiger partial charge in [-0.15, -0.1) is 0 Å². The Labute approximate surface area is 124 Å². The van der Waals surface area contributed by atoms with E-state index in [2.05, 4.69) is 12.2 Å². The van der Waals surface area contributed by atoms with Gasteiger partial charge in [0.2, 0.25) is 0 Å². The van der Waals surface area contributed by atoms with E-state index in [0.29, 0.717) is 17.4 Å². The third-order valence-corrected chi connectivity index (χ3v) is 1.94. The predicted molar refractivity (Wildman–Crippen MR) is 57.3 cm³/mol. The summed E-state index contributed by atoms with van der Waals surface area (Å²) in [4.78, 5) is 0. The Balaban J connectivity index is 0. The molecular weight excluding hydrogens is 223 g/mol. The zero-order valence-electron chi connectivity index (χ0n) is 6.06. The third-order valence-electron chi connectivity index (χ3n) is 0.918. The van der Waals surface area contributed by atoms with Crippen molar-refractivity contribution < 1.29 is 10.2 Å². The van der Waals surface area contributed by atoms with Crippen LogP contribution in [-0.4, -0.2) is 96.5 Å². The molecule has 0 aliphatic heterocycles. The molecule has 0 aliphatic carbocycles. The summed E-state index contributed by atoms with van der Waals surface area (Å²) in [6.45, 7) is 0.996. The normalized spacial score (nSPS) is 9.58. The summed E-state index contributed by atoms with van der Waals surface area (Å²) in [7, 11) is 0. The Morgan fingerprint density at radius 3 is 2.00 bits per heavy atom. The molecular formula is C5H13KN2O2S2. The van der Waals surface area contributed by atoms with Crippen LogP contribution in [0.3, 0.4) is 0 Å². The number of nitrogens with zero attached hydrogens (tertiary/aromatic N) is 1. The number of nitrogens with two attached hydrogens (primary N) is 1. The molecule has 7 heteroatoms. The molecule has 0 fully saturated rings. The minimum absolute atomic E-state index is 0. The van der Waals surface area contributed by atoms with Crippen LogP contribution >= 0.6 is 24.2 Å². The fourth-order valence-corrected chi connectivity index (χ4v) is 1.47. The Morgan fingerprint density at radius 2 is 1.75 bits per heavy atom. The van der Waals surface area contributed by atoms with Crippen LogP contribution in [-0.2, 0) is 0 Å². The molecule has 0 amide bonds. The summed E-state index contributed by atoms with van der Waals surface area (Å²) in [5.74, 6) is 0. The van der Waals surface area contributed by atoms with Gasteiger partial charge in [-0.25, -0.2) is 4.31 Å². The first-order valence-corrected chi connectivity index (χ1v) is 4.33. The Morgan fingerprint density at radius 1 is 1.33 bits per heavy atom. The van der Waals surface area contributed by atoms with Crippen molar-refractivity contribution in [1.82, 2.24) is 4.31 Å². The Hall–Kier alpha value is 1.76. The molecule has 68 valence electrons. The minimum atomic E-state index is 0. The standard InChI is InChI=1S/C5H12N2O2S2.K.H/c6-5(10)11-7(1-3-8)2-4-9;;/h8-9H,1-4H2,(H2,6,10);;. The predicted octanol–water partition coefficient (Wildman–Crippen LogP) is -1.48. The molecule has 12 heavy (non-hydrogen) atoms. The summed E-state index contributed by atoms with van der Waals surface area (Å²) in [6.07, 6.45) is 0. The summed E-state index contributed by atoms with van der Waals surface area (Å²) in [5.41, 5.74) is 5.24. The molecule has 0 rings (SSSR count). The molecule has 0 radical (unpaired) electrons. The van der Waals surface area contributed by atoms with Crippen molar-refractivity contribution in [1.29, 1.82) is 0 Å². The van der Waals surface area contributed by atoms with E-state index in [1.165, 1.54) is 11.9 Å². The molecule has 0 aromatic carbocycles. The second-order valence-electron chi connectivity index (χ2n) is 1.79. The van der Waals surface area contributed by atoms with Gasteiger partial charge in [0.15, 0.2) is 0 Å². The molecule has 0 aromatic heterocycles. The van der Waals surface area contributed by atoms with E-state index in [9.17, 15) is 0 Å². The van der Waals surface area contributed by atoms with Gasteiger partial charge in [-0.1, -0.05) is 12.2 Å². The van der Waals surface area contributed by atoms with Crippen molar-refractivity contribution in [3.05, 3.63) is 0 Å². The van der Waals surface area contributed by atoms with Crippen LogP contribution in [0.2, 0.25) is 0 Å². The fourth-order valence-electron chi connectivity index (χ4n) is 0.553. The molecule has 0 aliphatic rings. The first-order chi connectivity index (χ1) is 5.20. The van der Waals surface area contributed by atoms with Gasteiger partial charge in [0.05, 0.1) is 13.2 Å². The molecule has 0 spiro atoms. The topological polar surface area (TPSA) is 69.7 Å². The number of hydrogen-bond acceptors (Lipinski definition) is 5. The van der Waals surface area contributed by atoms with Gasteiger partial charge in [-0.3, -0.25) is 0 Å². The molecule has 0 unspecified atom stereocenters. The molecule has 4 N–H and O–H groups in total. The van der Waals surface area contributed by atoms with Crippen LogP contribution in [0.1, 0.15) is 0 Å². The monoisotopic (exact) mass is 236 g/mol. The molecule has 0 atom stereocenters. The van der Waals surface area contributed by atoms with Crippen molar-refractivity contribution >= 4 is 79.9 Å². The molecule has 0 aromatic rings. The number of aliphatic hydroxyl groups excluding tert-OH is 2. The second kappa shape index (κ2) is 10.8. The third kappa shape index (κ3) is 9.84. The summed E-state index contributed by atoms with van der Waals surface area (Å²) in [5, 5.41) is 17.1. The van der Waals surface area contributed by atoms with E-state index >= 15 is 0 Å². The van der Waals surface area contributed by atoms with E-state index in [4.69, 9.17) is 15.9 Å². The van der Waals surface area contributed by atoms with Crippen molar-refractivity contribution in [2.24, 2.45) is 5.73 Å². The van der Waals surface area contributed by atoms with Gasteiger partial charge in [0, 0.05) is 13.1 Å². The fraction of sp³-hybridized carbons (Fsp3) is 0.800. The van der Waals surface area contributed by atoms with E-state index in [1.807, 2.05) is 0 Å². The first-order valence-electron chi connectivity index (χ1n) is 3.14. The Kier molecular flexibility index (Phi) is 14.6. The number of hydrogen-bond donors (Lipinski definition) is 3. The van der Waals surface area contributed by atoms with Gasteiger partial charge < -0.3 is 15.9 Å². The molecule has 0 saturated heterocycles. The van der Waals surface area contributed by atoms with Gasteiger partial charge >= 0.3 is 51.4 Å². The summed E-state index contributed by atoms with van der Waals surface area (Å²) >= 11 is 5.81.